The van der Waals surface area contributed by atoms with Crippen molar-refractivity contribution in [3.63, 3.8) is 0 Å². The van der Waals surface area contributed by atoms with Crippen LogP contribution in [0.2, 0.25) is 0 Å². The molecule has 0 radical (unpaired) electrons. The molecule has 0 amide bonds. The van der Waals surface area contributed by atoms with E-state index >= 15 is 0 Å². The monoisotopic (exact) mass is 304 g/mol. The minimum Gasteiger partial charge on any atom is -0.0654 e. The summed E-state index contributed by atoms with van der Waals surface area (Å²) in [4.78, 5) is 0. The Balaban J connectivity index is 0.000000315. The average molecular weight is 305 g/mol. The first-order valence-electron chi connectivity index (χ1n) is 9.73. The molecule has 0 aliphatic heterocycles. The van der Waals surface area contributed by atoms with Gasteiger partial charge in [-0.3, -0.25) is 0 Å². The Morgan fingerprint density at radius 1 is 0.818 bits per heavy atom. The molecule has 1 saturated carbocycles. The summed E-state index contributed by atoms with van der Waals surface area (Å²) in [5, 5.41) is 0. The molecule has 2 rings (SSSR count). The Hall–Kier alpha value is -0.780. The number of rotatable bonds is 4. The molecular weight excluding hydrogens is 264 g/mol. The second kappa shape index (κ2) is 15.1. The maximum Gasteiger partial charge on any atom is -0.0307 e. The summed E-state index contributed by atoms with van der Waals surface area (Å²) >= 11 is 0. The Labute approximate surface area is 140 Å². The number of hydrogen-bond acceptors (Lipinski definition) is 0. The van der Waals surface area contributed by atoms with E-state index < -0.39 is 0 Å². The first kappa shape index (κ1) is 21.2. The van der Waals surface area contributed by atoms with Gasteiger partial charge < -0.3 is 0 Å². The van der Waals surface area contributed by atoms with Crippen LogP contribution in [0.15, 0.2) is 24.3 Å². The van der Waals surface area contributed by atoms with Crippen molar-refractivity contribution in [1.82, 2.24) is 0 Å². The van der Waals surface area contributed by atoms with Crippen molar-refractivity contribution in [1.29, 1.82) is 0 Å². The predicted octanol–water partition coefficient (Wildman–Crippen LogP) is 7.73. The van der Waals surface area contributed by atoms with E-state index in [0.29, 0.717) is 0 Å². The molecule has 0 heteroatoms. The van der Waals surface area contributed by atoms with Crippen molar-refractivity contribution in [2.24, 2.45) is 5.92 Å². The summed E-state index contributed by atoms with van der Waals surface area (Å²) in [5.74, 6) is 1.09. The molecule has 0 aromatic heterocycles. The lowest BCUT2D eigenvalue weighted by Crippen LogP contribution is -2.03. The third-order valence-electron chi connectivity index (χ3n) is 4.54. The minimum atomic E-state index is 1.09. The maximum absolute atomic E-state index is 2.32. The molecule has 1 aromatic rings. The van der Waals surface area contributed by atoms with Gasteiger partial charge in [0.05, 0.1) is 0 Å². The van der Waals surface area contributed by atoms with Crippen molar-refractivity contribution in [3.8, 4) is 0 Å². The van der Waals surface area contributed by atoms with E-state index in [-0.39, 0.29) is 0 Å². The van der Waals surface area contributed by atoms with Gasteiger partial charge in [-0.15, -0.1) is 0 Å². The molecule has 0 spiro atoms. The van der Waals surface area contributed by atoms with Gasteiger partial charge in [-0.1, -0.05) is 115 Å². The molecule has 1 aliphatic carbocycles. The van der Waals surface area contributed by atoms with Crippen LogP contribution in [-0.4, -0.2) is 0 Å². The van der Waals surface area contributed by atoms with Crippen LogP contribution < -0.4 is 0 Å². The average Bonchev–Trinajstić information content (AvgIpc) is 2.58. The molecule has 1 fully saturated rings. The first-order valence-corrected chi connectivity index (χ1v) is 9.73. The molecule has 0 unspecified atom stereocenters. The van der Waals surface area contributed by atoms with Gasteiger partial charge in [-0.05, 0) is 24.8 Å². The normalized spacial score (nSPS) is 14.4. The van der Waals surface area contributed by atoms with Crippen LogP contribution in [0.5, 0.6) is 0 Å². The molecule has 128 valence electrons. The van der Waals surface area contributed by atoms with Crippen LogP contribution in [0.3, 0.4) is 0 Å². The molecule has 0 saturated heterocycles. The van der Waals surface area contributed by atoms with E-state index in [9.17, 15) is 0 Å². The zero-order valence-corrected chi connectivity index (χ0v) is 16.0. The molecule has 0 N–H and O–H groups in total. The molecule has 22 heavy (non-hydrogen) atoms. The second-order valence-electron chi connectivity index (χ2n) is 6.60. The van der Waals surface area contributed by atoms with Gasteiger partial charge in [0, 0.05) is 0 Å². The molecule has 0 heterocycles. The van der Waals surface area contributed by atoms with Gasteiger partial charge in [0.2, 0.25) is 0 Å². The lowest BCUT2D eigenvalue weighted by atomic mass is 9.88. The number of unbranched alkanes of at least 4 members (excludes halogenated alkanes) is 2. The third-order valence-corrected chi connectivity index (χ3v) is 4.54. The minimum absolute atomic E-state index is 1.09. The van der Waals surface area contributed by atoms with E-state index in [1.807, 2.05) is 0 Å². The molecule has 1 aromatic carbocycles. The summed E-state index contributed by atoms with van der Waals surface area (Å²) in [5.41, 5.74) is 2.76. The fourth-order valence-electron chi connectivity index (χ4n) is 2.77. The van der Waals surface area contributed by atoms with Gasteiger partial charge in [0.15, 0.2) is 0 Å². The zero-order chi connectivity index (χ0) is 16.6. The van der Waals surface area contributed by atoms with E-state index in [1.165, 1.54) is 68.9 Å². The number of hydrogen-bond donors (Lipinski definition) is 0. The highest BCUT2D eigenvalue weighted by atomic mass is 14.2. The van der Waals surface area contributed by atoms with Gasteiger partial charge in [-0.25, -0.2) is 0 Å². The van der Waals surface area contributed by atoms with Gasteiger partial charge in [0.1, 0.15) is 0 Å². The Kier molecular flexibility index (Phi) is 14.6. The molecule has 0 nitrogen and oxygen atoms in total. The van der Waals surface area contributed by atoms with Crippen LogP contribution in [-0.2, 0) is 6.42 Å². The van der Waals surface area contributed by atoms with Gasteiger partial charge in [0.25, 0.3) is 0 Å². The Bertz CT molecular complexity index is 314. The topological polar surface area (TPSA) is 0 Å². The first-order chi connectivity index (χ1) is 10.7. The van der Waals surface area contributed by atoms with E-state index in [2.05, 4.69) is 58.9 Å². The van der Waals surface area contributed by atoms with E-state index in [1.54, 1.807) is 0 Å². The van der Waals surface area contributed by atoms with Crippen molar-refractivity contribution in [2.75, 3.05) is 0 Å². The van der Waals surface area contributed by atoms with Gasteiger partial charge >= 0.3 is 0 Å². The Morgan fingerprint density at radius 3 is 1.68 bits per heavy atom. The highest BCUT2D eigenvalue weighted by molar-refractivity contribution is 5.20. The van der Waals surface area contributed by atoms with E-state index in [0.717, 1.165) is 12.3 Å². The summed E-state index contributed by atoms with van der Waals surface area (Å²) < 4.78 is 0. The SMILES string of the molecule is CCC1CCCCC1.CCCCC.CCc1ccc(C)cc1. The van der Waals surface area contributed by atoms with E-state index in [4.69, 9.17) is 0 Å². The van der Waals surface area contributed by atoms with Crippen molar-refractivity contribution in [3.05, 3.63) is 35.4 Å². The molecule has 1 aliphatic rings. The van der Waals surface area contributed by atoms with Crippen molar-refractivity contribution in [2.45, 2.75) is 98.8 Å². The summed E-state index contributed by atoms with van der Waals surface area (Å²) in [6, 6.07) is 8.66. The fourth-order valence-corrected chi connectivity index (χ4v) is 2.77. The Morgan fingerprint density at radius 2 is 1.36 bits per heavy atom. The smallest absolute Gasteiger partial charge is 0.0307 e. The van der Waals surface area contributed by atoms with Crippen LogP contribution in [0.1, 0.15) is 96.6 Å². The summed E-state index contributed by atoms with van der Waals surface area (Å²) in [7, 11) is 0. The largest absolute Gasteiger partial charge is 0.0654 e. The highest BCUT2D eigenvalue weighted by Gasteiger charge is 2.09. The third kappa shape index (κ3) is 11.8. The fraction of sp³-hybridized carbons (Fsp3) is 0.727. The van der Waals surface area contributed by atoms with Crippen LogP contribution in [0, 0.1) is 12.8 Å². The highest BCUT2D eigenvalue weighted by Crippen LogP contribution is 2.25. The number of aryl methyl sites for hydroxylation is 2. The van der Waals surface area contributed by atoms with Crippen LogP contribution in [0.25, 0.3) is 0 Å². The predicted molar refractivity (Wildman–Crippen MR) is 103 cm³/mol. The maximum atomic E-state index is 2.32. The lowest BCUT2D eigenvalue weighted by molar-refractivity contribution is 0.349. The number of benzene rings is 1. The molecule has 0 atom stereocenters. The molecule has 0 bridgehead atoms. The summed E-state index contributed by atoms with van der Waals surface area (Å²) in [6.45, 7) is 11.0. The van der Waals surface area contributed by atoms with Crippen molar-refractivity contribution < 1.29 is 0 Å². The zero-order valence-electron chi connectivity index (χ0n) is 16.0. The lowest BCUT2D eigenvalue weighted by Gasteiger charge is -2.18. The summed E-state index contributed by atoms with van der Waals surface area (Å²) in [6.07, 6.45) is 14.1. The van der Waals surface area contributed by atoms with Crippen LogP contribution in [0.4, 0.5) is 0 Å². The van der Waals surface area contributed by atoms with Crippen LogP contribution >= 0.6 is 0 Å². The standard InChI is InChI=1S/C9H12.C8H16.C5H12/c1-3-9-6-4-8(2)5-7-9;1-2-8-6-4-3-5-7-8;1-3-5-4-2/h4-7H,3H2,1-2H3;8H,2-7H2,1H3;3-5H2,1-2H3. The van der Waals surface area contributed by atoms with Crippen molar-refractivity contribution >= 4 is 0 Å². The van der Waals surface area contributed by atoms with Gasteiger partial charge in [-0.2, -0.15) is 0 Å². The molecular formula is C22H40. The second-order valence-corrected chi connectivity index (χ2v) is 6.60. The quantitative estimate of drug-likeness (QED) is 0.534.